The molecule has 3 nitrogen and oxygen atoms in total. The maximum Gasteiger partial charge on any atom is 0.0762 e. The van der Waals surface area contributed by atoms with Crippen LogP contribution in [0.1, 0.15) is 31.9 Å². The molecule has 1 unspecified atom stereocenters. The molecule has 0 bridgehead atoms. The molecule has 1 aliphatic rings. The Labute approximate surface area is 117 Å². The fourth-order valence-electron chi connectivity index (χ4n) is 2.33. The lowest BCUT2D eigenvalue weighted by molar-refractivity contribution is 0.0929. The summed E-state index contributed by atoms with van der Waals surface area (Å²) in [5, 5.41) is 9.59. The van der Waals surface area contributed by atoms with Crippen molar-refractivity contribution < 1.29 is 9.84 Å². The van der Waals surface area contributed by atoms with Gasteiger partial charge >= 0.3 is 0 Å². The number of hydrogen-bond donors (Lipinski definition) is 1. The molecule has 0 aliphatic carbocycles. The van der Waals surface area contributed by atoms with E-state index in [4.69, 9.17) is 4.74 Å². The van der Waals surface area contributed by atoms with Crippen LogP contribution in [0.5, 0.6) is 0 Å². The molecule has 18 heavy (non-hydrogen) atoms. The van der Waals surface area contributed by atoms with Gasteiger partial charge in [-0.1, -0.05) is 13.0 Å². The second-order valence-electron chi connectivity index (χ2n) is 4.72. The molecular formula is C14H20BrNO2. The third-order valence-electron chi connectivity index (χ3n) is 3.46. The van der Waals surface area contributed by atoms with Crippen LogP contribution in [-0.2, 0) is 4.74 Å². The van der Waals surface area contributed by atoms with E-state index in [1.165, 1.54) is 5.69 Å². The van der Waals surface area contributed by atoms with Crippen LogP contribution in [-0.4, -0.2) is 30.9 Å². The summed E-state index contributed by atoms with van der Waals surface area (Å²) in [6.45, 7) is 6.46. The molecule has 4 heteroatoms. The number of benzene rings is 1. The van der Waals surface area contributed by atoms with E-state index >= 15 is 0 Å². The zero-order chi connectivity index (χ0) is 13.1. The average molecular weight is 314 g/mol. The van der Waals surface area contributed by atoms with Crippen molar-refractivity contribution in [3.8, 4) is 0 Å². The monoisotopic (exact) mass is 313 g/mol. The van der Waals surface area contributed by atoms with Gasteiger partial charge in [0.1, 0.15) is 0 Å². The van der Waals surface area contributed by atoms with Gasteiger partial charge in [-0.25, -0.2) is 0 Å². The largest absolute Gasteiger partial charge is 0.389 e. The van der Waals surface area contributed by atoms with Gasteiger partial charge in [0.25, 0.3) is 0 Å². The Bertz CT molecular complexity index is 409. The molecular weight excluding hydrogens is 294 g/mol. The Morgan fingerprint density at radius 3 is 2.94 bits per heavy atom. The molecule has 2 atom stereocenters. The predicted molar refractivity (Wildman–Crippen MR) is 77.0 cm³/mol. The van der Waals surface area contributed by atoms with Crippen LogP contribution in [0.3, 0.4) is 0 Å². The van der Waals surface area contributed by atoms with Crippen LogP contribution >= 0.6 is 15.9 Å². The molecule has 0 amide bonds. The Morgan fingerprint density at radius 2 is 2.33 bits per heavy atom. The van der Waals surface area contributed by atoms with E-state index < -0.39 is 6.10 Å². The summed E-state index contributed by atoms with van der Waals surface area (Å²) in [6.07, 6.45) is 0.645. The number of ether oxygens (including phenoxy) is 1. The third-order valence-corrected chi connectivity index (χ3v) is 4.10. The topological polar surface area (TPSA) is 32.7 Å². The molecule has 1 saturated heterocycles. The van der Waals surface area contributed by atoms with E-state index in [-0.39, 0.29) is 0 Å². The quantitative estimate of drug-likeness (QED) is 0.930. The van der Waals surface area contributed by atoms with Gasteiger partial charge in [0.2, 0.25) is 0 Å². The Morgan fingerprint density at radius 1 is 1.56 bits per heavy atom. The normalized spacial score (nSPS) is 22.0. The number of anilines is 1. The van der Waals surface area contributed by atoms with Gasteiger partial charge in [-0.3, -0.25) is 0 Å². The molecule has 0 spiro atoms. The van der Waals surface area contributed by atoms with E-state index in [0.717, 1.165) is 36.2 Å². The van der Waals surface area contributed by atoms with Crippen molar-refractivity contribution in [2.45, 2.75) is 32.4 Å². The van der Waals surface area contributed by atoms with Crippen LogP contribution in [0.25, 0.3) is 0 Å². The SMILES string of the molecule is CCC1COCCN1c1ccc([C@H](C)O)cc1Br. The van der Waals surface area contributed by atoms with E-state index in [1.807, 2.05) is 12.1 Å². The van der Waals surface area contributed by atoms with E-state index in [2.05, 4.69) is 33.8 Å². The van der Waals surface area contributed by atoms with Crippen LogP contribution in [0, 0.1) is 0 Å². The Balaban J connectivity index is 2.26. The Kier molecular flexibility index (Phi) is 4.65. The van der Waals surface area contributed by atoms with Crippen molar-refractivity contribution in [3.05, 3.63) is 28.2 Å². The van der Waals surface area contributed by atoms with Gasteiger partial charge in [-0.05, 0) is 47.0 Å². The molecule has 0 saturated carbocycles. The molecule has 2 rings (SSSR count). The molecule has 100 valence electrons. The highest BCUT2D eigenvalue weighted by Crippen LogP contribution is 2.32. The zero-order valence-electron chi connectivity index (χ0n) is 10.9. The number of aliphatic hydroxyl groups is 1. The first kappa shape index (κ1) is 13.8. The van der Waals surface area contributed by atoms with Gasteiger partial charge in [-0.2, -0.15) is 0 Å². The van der Waals surface area contributed by atoms with Crippen LogP contribution in [0.15, 0.2) is 22.7 Å². The standard InChI is InChI=1S/C14H20BrNO2/c1-3-12-9-18-7-6-16(12)14-5-4-11(10(2)17)8-13(14)15/h4-5,8,10,12,17H,3,6-7,9H2,1-2H3/t10-,12?/m0/s1. The molecule has 1 N–H and O–H groups in total. The molecule has 1 aliphatic heterocycles. The predicted octanol–water partition coefficient (Wildman–Crippen LogP) is 3.12. The maximum absolute atomic E-state index is 9.59. The lowest BCUT2D eigenvalue weighted by Gasteiger charge is -2.37. The van der Waals surface area contributed by atoms with Gasteiger partial charge in [0.05, 0.1) is 31.0 Å². The number of hydrogen-bond acceptors (Lipinski definition) is 3. The van der Waals surface area contributed by atoms with Gasteiger partial charge in [0, 0.05) is 11.0 Å². The third kappa shape index (κ3) is 2.87. The maximum atomic E-state index is 9.59. The molecule has 1 aromatic rings. The van der Waals surface area contributed by atoms with Crippen molar-refractivity contribution in [1.82, 2.24) is 0 Å². The Hall–Kier alpha value is -0.580. The van der Waals surface area contributed by atoms with Gasteiger partial charge in [-0.15, -0.1) is 0 Å². The zero-order valence-corrected chi connectivity index (χ0v) is 12.5. The van der Waals surface area contributed by atoms with E-state index in [0.29, 0.717) is 6.04 Å². The van der Waals surface area contributed by atoms with Crippen molar-refractivity contribution >= 4 is 21.6 Å². The van der Waals surface area contributed by atoms with Gasteiger partial charge in [0.15, 0.2) is 0 Å². The highest BCUT2D eigenvalue weighted by Gasteiger charge is 2.23. The number of halogens is 1. The lowest BCUT2D eigenvalue weighted by Crippen LogP contribution is -2.45. The highest BCUT2D eigenvalue weighted by molar-refractivity contribution is 9.10. The minimum atomic E-state index is -0.429. The van der Waals surface area contributed by atoms with Crippen molar-refractivity contribution in [2.24, 2.45) is 0 Å². The summed E-state index contributed by atoms with van der Waals surface area (Å²) in [5.41, 5.74) is 2.13. The minimum Gasteiger partial charge on any atom is -0.389 e. The second-order valence-corrected chi connectivity index (χ2v) is 5.57. The number of nitrogens with zero attached hydrogens (tertiary/aromatic N) is 1. The fraction of sp³-hybridized carbons (Fsp3) is 0.571. The highest BCUT2D eigenvalue weighted by atomic mass is 79.9. The number of rotatable bonds is 3. The first-order valence-electron chi connectivity index (χ1n) is 6.45. The first-order valence-corrected chi connectivity index (χ1v) is 7.24. The van der Waals surface area contributed by atoms with Crippen molar-refractivity contribution in [1.29, 1.82) is 0 Å². The minimum absolute atomic E-state index is 0.429. The van der Waals surface area contributed by atoms with E-state index in [1.54, 1.807) is 6.92 Å². The summed E-state index contributed by atoms with van der Waals surface area (Å²) in [7, 11) is 0. The summed E-state index contributed by atoms with van der Waals surface area (Å²) >= 11 is 3.61. The van der Waals surface area contributed by atoms with Crippen molar-refractivity contribution in [2.75, 3.05) is 24.7 Å². The number of morpholine rings is 1. The van der Waals surface area contributed by atoms with Crippen LogP contribution in [0.2, 0.25) is 0 Å². The lowest BCUT2D eigenvalue weighted by atomic mass is 10.1. The summed E-state index contributed by atoms with van der Waals surface area (Å²) < 4.78 is 6.57. The average Bonchev–Trinajstić information content (AvgIpc) is 2.38. The van der Waals surface area contributed by atoms with Crippen LogP contribution < -0.4 is 4.90 Å². The molecule has 0 aromatic heterocycles. The number of aliphatic hydroxyl groups excluding tert-OH is 1. The summed E-state index contributed by atoms with van der Waals surface area (Å²) in [6, 6.07) is 6.52. The smallest absolute Gasteiger partial charge is 0.0762 e. The molecule has 0 radical (unpaired) electrons. The molecule has 1 fully saturated rings. The summed E-state index contributed by atoms with van der Waals surface area (Å²) in [4.78, 5) is 2.39. The molecule has 1 aromatic carbocycles. The van der Waals surface area contributed by atoms with Gasteiger partial charge < -0.3 is 14.7 Å². The fourth-order valence-corrected chi connectivity index (χ4v) is 2.95. The molecule has 1 heterocycles. The van der Waals surface area contributed by atoms with E-state index in [9.17, 15) is 5.11 Å². The van der Waals surface area contributed by atoms with Crippen LogP contribution in [0.4, 0.5) is 5.69 Å². The first-order chi connectivity index (χ1) is 8.63. The van der Waals surface area contributed by atoms with Crippen molar-refractivity contribution in [3.63, 3.8) is 0 Å². The second kappa shape index (κ2) is 6.04. The summed E-state index contributed by atoms with van der Waals surface area (Å²) in [5.74, 6) is 0.